The largest absolute Gasteiger partial charge is 0.399 e. The van der Waals surface area contributed by atoms with Gasteiger partial charge in [0.15, 0.2) is 5.82 Å². The fraction of sp³-hybridized carbons (Fsp3) is 0.0769. The van der Waals surface area contributed by atoms with E-state index in [1.165, 1.54) is 12.1 Å². The Labute approximate surface area is 131 Å². The average Bonchev–Trinajstić information content (AvgIpc) is 2.37. The SMILES string of the molecule is Cc1ccc(NS(=O)(=O)c2cc(N)cc(Cl)c2F)cc1Cl. The molecule has 0 unspecified atom stereocenters. The Morgan fingerprint density at radius 1 is 1.14 bits per heavy atom. The van der Waals surface area contributed by atoms with Crippen LogP contribution in [0, 0.1) is 12.7 Å². The van der Waals surface area contributed by atoms with E-state index in [1.807, 2.05) is 0 Å². The predicted octanol–water partition coefficient (Wildman–Crippen LogP) is 3.82. The summed E-state index contributed by atoms with van der Waals surface area (Å²) in [5, 5.41) is 0.0265. The van der Waals surface area contributed by atoms with Crippen molar-refractivity contribution in [3.8, 4) is 0 Å². The Balaban J connectivity index is 2.45. The number of aryl methyl sites for hydroxylation is 1. The van der Waals surface area contributed by atoms with E-state index in [0.717, 1.165) is 17.7 Å². The van der Waals surface area contributed by atoms with Crippen LogP contribution in [-0.2, 0) is 10.0 Å². The normalized spacial score (nSPS) is 11.4. The molecule has 2 aromatic rings. The minimum absolute atomic E-state index is 0.0451. The minimum atomic E-state index is -4.17. The molecule has 0 amide bonds. The number of anilines is 2. The fourth-order valence-electron chi connectivity index (χ4n) is 1.65. The Hall–Kier alpha value is -1.50. The number of nitrogens with one attached hydrogen (secondary N) is 1. The Morgan fingerprint density at radius 3 is 2.43 bits per heavy atom. The number of nitrogens with two attached hydrogens (primary N) is 1. The molecule has 0 spiro atoms. The lowest BCUT2D eigenvalue weighted by Gasteiger charge is -2.11. The third kappa shape index (κ3) is 3.40. The van der Waals surface area contributed by atoms with Crippen LogP contribution in [0.25, 0.3) is 0 Å². The van der Waals surface area contributed by atoms with E-state index >= 15 is 0 Å². The molecule has 4 nitrogen and oxygen atoms in total. The van der Waals surface area contributed by atoms with Crippen molar-refractivity contribution in [1.82, 2.24) is 0 Å². The monoisotopic (exact) mass is 348 g/mol. The summed E-state index contributed by atoms with van der Waals surface area (Å²) in [6, 6.07) is 6.73. The molecule has 0 fully saturated rings. The van der Waals surface area contributed by atoms with Gasteiger partial charge in [-0.2, -0.15) is 0 Å². The lowest BCUT2D eigenvalue weighted by atomic mass is 10.2. The molecule has 0 aliphatic carbocycles. The van der Waals surface area contributed by atoms with Gasteiger partial charge in [-0.3, -0.25) is 4.72 Å². The Bertz CT molecular complexity index is 810. The maximum atomic E-state index is 13.9. The van der Waals surface area contributed by atoms with E-state index in [2.05, 4.69) is 4.72 Å². The molecule has 3 N–H and O–H groups in total. The van der Waals surface area contributed by atoms with Crippen LogP contribution >= 0.6 is 23.2 Å². The third-order valence-electron chi connectivity index (χ3n) is 2.73. The molecule has 8 heteroatoms. The van der Waals surface area contributed by atoms with Crippen LogP contribution in [0.3, 0.4) is 0 Å². The summed E-state index contributed by atoms with van der Waals surface area (Å²) in [5.41, 5.74) is 6.54. The van der Waals surface area contributed by atoms with Crippen LogP contribution < -0.4 is 10.5 Å². The first-order valence-electron chi connectivity index (χ1n) is 5.74. The molecule has 0 aliphatic heterocycles. The molecule has 21 heavy (non-hydrogen) atoms. The number of hydrogen-bond donors (Lipinski definition) is 2. The second-order valence-electron chi connectivity index (χ2n) is 4.38. The van der Waals surface area contributed by atoms with E-state index in [-0.39, 0.29) is 16.4 Å². The molecule has 0 saturated carbocycles. The second kappa shape index (κ2) is 5.71. The van der Waals surface area contributed by atoms with Gasteiger partial charge < -0.3 is 5.73 Å². The first-order chi connectivity index (χ1) is 9.70. The standard InChI is InChI=1S/C13H11Cl2FN2O2S/c1-7-2-3-9(6-10(7)14)18-21(19,20)12-5-8(17)4-11(15)13(12)16/h2-6,18H,17H2,1H3. The summed E-state index contributed by atoms with van der Waals surface area (Å²) in [6.07, 6.45) is 0. The molecule has 2 rings (SSSR count). The molecule has 0 atom stereocenters. The van der Waals surface area contributed by atoms with Crippen LogP contribution in [-0.4, -0.2) is 8.42 Å². The summed E-state index contributed by atoms with van der Waals surface area (Å²) in [7, 11) is -4.17. The maximum absolute atomic E-state index is 13.9. The minimum Gasteiger partial charge on any atom is -0.399 e. The van der Waals surface area contributed by atoms with E-state index in [1.54, 1.807) is 13.0 Å². The molecule has 2 aromatic carbocycles. The number of sulfonamides is 1. The van der Waals surface area contributed by atoms with Crippen LogP contribution in [0.5, 0.6) is 0 Å². The van der Waals surface area contributed by atoms with Crippen LogP contribution in [0.2, 0.25) is 10.0 Å². The smallest absolute Gasteiger partial charge is 0.264 e. The van der Waals surface area contributed by atoms with Gasteiger partial charge in [0.2, 0.25) is 0 Å². The van der Waals surface area contributed by atoms with Crippen molar-refractivity contribution in [2.45, 2.75) is 11.8 Å². The van der Waals surface area contributed by atoms with Crippen LogP contribution in [0.4, 0.5) is 15.8 Å². The van der Waals surface area contributed by atoms with E-state index in [9.17, 15) is 12.8 Å². The molecule has 112 valence electrons. The molecule has 0 radical (unpaired) electrons. The van der Waals surface area contributed by atoms with E-state index in [0.29, 0.717) is 5.02 Å². The maximum Gasteiger partial charge on any atom is 0.264 e. The first kappa shape index (κ1) is 15.9. The van der Waals surface area contributed by atoms with E-state index < -0.39 is 20.7 Å². The summed E-state index contributed by atoms with van der Waals surface area (Å²) < 4.78 is 40.6. The van der Waals surface area contributed by atoms with Gasteiger partial charge in [0.25, 0.3) is 10.0 Å². The van der Waals surface area contributed by atoms with Crippen molar-refractivity contribution in [2.75, 3.05) is 10.5 Å². The highest BCUT2D eigenvalue weighted by Gasteiger charge is 2.22. The Morgan fingerprint density at radius 2 is 1.81 bits per heavy atom. The summed E-state index contributed by atoms with van der Waals surface area (Å²) in [4.78, 5) is -0.621. The van der Waals surface area contributed by atoms with Gasteiger partial charge in [0.05, 0.1) is 10.7 Å². The van der Waals surface area contributed by atoms with Crippen LogP contribution in [0.15, 0.2) is 35.2 Å². The van der Waals surface area contributed by atoms with Crippen molar-refractivity contribution in [3.63, 3.8) is 0 Å². The van der Waals surface area contributed by atoms with Crippen molar-refractivity contribution in [3.05, 3.63) is 51.8 Å². The van der Waals surface area contributed by atoms with E-state index in [4.69, 9.17) is 28.9 Å². The van der Waals surface area contributed by atoms with Gasteiger partial charge in [0, 0.05) is 10.7 Å². The molecule has 0 saturated heterocycles. The third-order valence-corrected chi connectivity index (χ3v) is 4.79. The molecular weight excluding hydrogens is 338 g/mol. The lowest BCUT2D eigenvalue weighted by Crippen LogP contribution is -2.15. The van der Waals surface area contributed by atoms with Crippen molar-refractivity contribution in [1.29, 1.82) is 0 Å². The average molecular weight is 349 g/mol. The fourth-order valence-corrected chi connectivity index (χ4v) is 3.29. The molecule has 0 bridgehead atoms. The predicted molar refractivity (Wildman–Crippen MR) is 82.8 cm³/mol. The summed E-state index contributed by atoms with van der Waals surface area (Å²) in [5.74, 6) is -1.06. The van der Waals surface area contributed by atoms with Gasteiger partial charge in [0.1, 0.15) is 4.90 Å². The summed E-state index contributed by atoms with van der Waals surface area (Å²) >= 11 is 11.5. The number of halogens is 3. The zero-order chi connectivity index (χ0) is 15.8. The summed E-state index contributed by atoms with van der Waals surface area (Å²) in [6.45, 7) is 1.78. The van der Waals surface area contributed by atoms with Gasteiger partial charge in [-0.1, -0.05) is 29.3 Å². The quantitative estimate of drug-likeness (QED) is 0.828. The number of nitrogen functional groups attached to an aromatic ring is 1. The van der Waals surface area contributed by atoms with Crippen LogP contribution in [0.1, 0.15) is 5.56 Å². The highest BCUT2D eigenvalue weighted by atomic mass is 35.5. The molecule has 0 heterocycles. The van der Waals surface area contributed by atoms with Gasteiger partial charge >= 0.3 is 0 Å². The number of hydrogen-bond acceptors (Lipinski definition) is 3. The first-order valence-corrected chi connectivity index (χ1v) is 7.98. The van der Waals surface area contributed by atoms with Crippen molar-refractivity contribution in [2.24, 2.45) is 0 Å². The highest BCUT2D eigenvalue weighted by molar-refractivity contribution is 7.92. The Kier molecular flexibility index (Phi) is 4.32. The highest BCUT2D eigenvalue weighted by Crippen LogP contribution is 2.28. The molecule has 0 aliphatic rings. The van der Waals surface area contributed by atoms with Gasteiger partial charge in [-0.25, -0.2) is 12.8 Å². The zero-order valence-corrected chi connectivity index (χ0v) is 13.2. The van der Waals surface area contributed by atoms with Crippen molar-refractivity contribution >= 4 is 44.6 Å². The molecular formula is C13H11Cl2FN2O2S. The zero-order valence-electron chi connectivity index (χ0n) is 10.8. The topological polar surface area (TPSA) is 72.2 Å². The second-order valence-corrected chi connectivity index (χ2v) is 6.85. The van der Waals surface area contributed by atoms with Crippen molar-refractivity contribution < 1.29 is 12.8 Å². The number of benzene rings is 2. The molecule has 0 aromatic heterocycles. The van der Waals surface area contributed by atoms with Gasteiger partial charge in [-0.05, 0) is 36.8 Å². The lowest BCUT2D eigenvalue weighted by molar-refractivity contribution is 0.571. The number of rotatable bonds is 3. The van der Waals surface area contributed by atoms with Gasteiger partial charge in [-0.15, -0.1) is 0 Å².